The number of hydrogen-bond acceptors (Lipinski definition) is 1. The number of carbonyl (C=O) groups is 1. The third kappa shape index (κ3) is 9.03. The number of carboxylic acids is 1. The summed E-state index contributed by atoms with van der Waals surface area (Å²) in [5.74, 6) is 1.33. The molecule has 0 amide bonds. The lowest BCUT2D eigenvalue weighted by Crippen LogP contribution is -2.06. The van der Waals surface area contributed by atoms with Gasteiger partial charge in [0.1, 0.15) is 0 Å². The van der Waals surface area contributed by atoms with Crippen LogP contribution in [-0.2, 0) is 4.79 Å². The second-order valence-electron chi connectivity index (χ2n) is 5.77. The van der Waals surface area contributed by atoms with E-state index in [1.807, 2.05) is 13.0 Å². The Morgan fingerprint density at radius 3 is 2.28 bits per heavy atom. The Morgan fingerprint density at radius 1 is 1.17 bits per heavy atom. The maximum atomic E-state index is 10.4. The molecule has 1 N–H and O–H groups in total. The molecule has 18 heavy (non-hydrogen) atoms. The predicted molar refractivity (Wildman–Crippen MR) is 77.5 cm³/mol. The maximum Gasteiger partial charge on any atom is 0.328 e. The van der Waals surface area contributed by atoms with Crippen molar-refractivity contribution in [2.75, 3.05) is 0 Å². The van der Waals surface area contributed by atoms with E-state index in [4.69, 9.17) is 5.11 Å². The van der Waals surface area contributed by atoms with Gasteiger partial charge >= 0.3 is 5.97 Å². The van der Waals surface area contributed by atoms with E-state index < -0.39 is 5.97 Å². The zero-order valence-corrected chi connectivity index (χ0v) is 12.4. The van der Waals surface area contributed by atoms with E-state index in [0.717, 1.165) is 23.8 Å². The Morgan fingerprint density at radius 2 is 1.78 bits per heavy atom. The third-order valence-corrected chi connectivity index (χ3v) is 3.52. The summed E-state index contributed by atoms with van der Waals surface area (Å²) in [6.07, 6.45) is 8.76. The standard InChI is InChI=1S/C16H28O2/c1-12(2)15(5)10-9-13(3)7-6-8-14(4)11-16(17)18/h6,8,11-13,15H,7,9-10H2,1-5H3,(H,17,18). The molecular formula is C16H28O2. The van der Waals surface area contributed by atoms with Crippen LogP contribution >= 0.6 is 0 Å². The van der Waals surface area contributed by atoms with Crippen molar-refractivity contribution < 1.29 is 9.90 Å². The summed E-state index contributed by atoms with van der Waals surface area (Å²) in [6.45, 7) is 10.9. The minimum Gasteiger partial charge on any atom is -0.478 e. The van der Waals surface area contributed by atoms with Crippen LogP contribution in [0.5, 0.6) is 0 Å². The largest absolute Gasteiger partial charge is 0.478 e. The van der Waals surface area contributed by atoms with Gasteiger partial charge < -0.3 is 5.11 Å². The van der Waals surface area contributed by atoms with Crippen molar-refractivity contribution in [3.05, 3.63) is 23.8 Å². The molecule has 2 atom stereocenters. The highest BCUT2D eigenvalue weighted by Crippen LogP contribution is 2.21. The fourth-order valence-corrected chi connectivity index (χ4v) is 1.73. The number of aliphatic carboxylic acids is 1. The van der Waals surface area contributed by atoms with E-state index >= 15 is 0 Å². The molecule has 0 aliphatic rings. The molecule has 0 aromatic rings. The quantitative estimate of drug-likeness (QED) is 0.503. The number of allylic oxidation sites excluding steroid dienone is 3. The maximum absolute atomic E-state index is 10.4. The van der Waals surface area contributed by atoms with Crippen LogP contribution in [0.15, 0.2) is 23.8 Å². The summed E-state index contributed by atoms with van der Waals surface area (Å²) in [5, 5.41) is 8.58. The van der Waals surface area contributed by atoms with Gasteiger partial charge in [-0.3, -0.25) is 0 Å². The van der Waals surface area contributed by atoms with Crippen molar-refractivity contribution in [1.29, 1.82) is 0 Å². The van der Waals surface area contributed by atoms with Crippen LogP contribution in [-0.4, -0.2) is 11.1 Å². The van der Waals surface area contributed by atoms with Crippen molar-refractivity contribution in [1.82, 2.24) is 0 Å². The first kappa shape index (κ1) is 16.9. The molecule has 0 saturated carbocycles. The summed E-state index contributed by atoms with van der Waals surface area (Å²) < 4.78 is 0. The normalized spacial score (nSPS) is 16.2. The fourth-order valence-electron chi connectivity index (χ4n) is 1.73. The highest BCUT2D eigenvalue weighted by Gasteiger charge is 2.08. The molecule has 0 aromatic heterocycles. The molecule has 0 aromatic carbocycles. The molecule has 2 unspecified atom stereocenters. The predicted octanol–water partition coefficient (Wildman–Crippen LogP) is 4.67. The Kier molecular flexibility index (Phi) is 8.43. The van der Waals surface area contributed by atoms with E-state index in [-0.39, 0.29) is 0 Å². The van der Waals surface area contributed by atoms with Crippen LogP contribution in [0.1, 0.15) is 53.9 Å². The van der Waals surface area contributed by atoms with Crippen molar-refractivity contribution in [2.24, 2.45) is 17.8 Å². The van der Waals surface area contributed by atoms with Gasteiger partial charge in [-0.25, -0.2) is 4.79 Å². The zero-order valence-electron chi connectivity index (χ0n) is 12.4. The molecule has 0 fully saturated rings. The Balaban J connectivity index is 3.93. The lowest BCUT2D eigenvalue weighted by molar-refractivity contribution is -0.131. The SMILES string of the molecule is CC(C=CCC(C)CCC(C)C(C)C)=CC(=O)O. The highest BCUT2D eigenvalue weighted by atomic mass is 16.4. The Labute approximate surface area is 112 Å². The molecule has 2 heteroatoms. The molecule has 0 saturated heterocycles. The molecule has 2 nitrogen and oxygen atoms in total. The Hall–Kier alpha value is -1.05. The van der Waals surface area contributed by atoms with Crippen molar-refractivity contribution in [2.45, 2.75) is 53.9 Å². The van der Waals surface area contributed by atoms with Gasteiger partial charge in [0.05, 0.1) is 0 Å². The molecule has 0 rings (SSSR count). The summed E-state index contributed by atoms with van der Waals surface area (Å²) in [7, 11) is 0. The minimum atomic E-state index is -0.879. The van der Waals surface area contributed by atoms with E-state index in [0.29, 0.717) is 5.92 Å². The zero-order chi connectivity index (χ0) is 14.1. The van der Waals surface area contributed by atoms with Crippen LogP contribution in [0.2, 0.25) is 0 Å². The van der Waals surface area contributed by atoms with E-state index in [2.05, 4.69) is 33.8 Å². The first-order chi connectivity index (χ1) is 8.32. The summed E-state index contributed by atoms with van der Waals surface area (Å²) >= 11 is 0. The smallest absolute Gasteiger partial charge is 0.328 e. The van der Waals surface area contributed by atoms with Crippen LogP contribution in [0.25, 0.3) is 0 Å². The average Bonchev–Trinajstić information content (AvgIpc) is 2.24. The molecule has 0 aliphatic heterocycles. The third-order valence-electron chi connectivity index (χ3n) is 3.52. The van der Waals surface area contributed by atoms with E-state index in [1.165, 1.54) is 18.9 Å². The topological polar surface area (TPSA) is 37.3 Å². The fraction of sp³-hybridized carbons (Fsp3) is 0.688. The molecule has 0 bridgehead atoms. The van der Waals surface area contributed by atoms with Gasteiger partial charge in [0.2, 0.25) is 0 Å². The van der Waals surface area contributed by atoms with Gasteiger partial charge in [-0.05, 0) is 36.7 Å². The number of carboxylic acid groups (broad SMARTS) is 1. The second kappa shape index (κ2) is 8.96. The van der Waals surface area contributed by atoms with Crippen LogP contribution in [0.4, 0.5) is 0 Å². The van der Waals surface area contributed by atoms with Crippen molar-refractivity contribution in [3.8, 4) is 0 Å². The molecule has 104 valence electrons. The van der Waals surface area contributed by atoms with Crippen LogP contribution in [0, 0.1) is 17.8 Å². The monoisotopic (exact) mass is 252 g/mol. The minimum absolute atomic E-state index is 0.667. The molecule has 0 radical (unpaired) electrons. The Bertz CT molecular complexity index is 300. The highest BCUT2D eigenvalue weighted by molar-refractivity contribution is 5.81. The number of rotatable bonds is 8. The van der Waals surface area contributed by atoms with Gasteiger partial charge in [0.25, 0.3) is 0 Å². The molecule has 0 aliphatic carbocycles. The average molecular weight is 252 g/mol. The lowest BCUT2D eigenvalue weighted by atomic mass is 9.89. The second-order valence-corrected chi connectivity index (χ2v) is 5.77. The van der Waals surface area contributed by atoms with Gasteiger partial charge in [0, 0.05) is 6.08 Å². The van der Waals surface area contributed by atoms with Crippen molar-refractivity contribution >= 4 is 5.97 Å². The van der Waals surface area contributed by atoms with Crippen molar-refractivity contribution in [3.63, 3.8) is 0 Å². The van der Waals surface area contributed by atoms with E-state index in [1.54, 1.807) is 0 Å². The van der Waals surface area contributed by atoms with Crippen LogP contribution < -0.4 is 0 Å². The molecule has 0 spiro atoms. The van der Waals surface area contributed by atoms with Gasteiger partial charge in [0.15, 0.2) is 0 Å². The summed E-state index contributed by atoms with van der Waals surface area (Å²) in [6, 6.07) is 0. The van der Waals surface area contributed by atoms with Crippen LogP contribution in [0.3, 0.4) is 0 Å². The molecular weight excluding hydrogens is 224 g/mol. The van der Waals surface area contributed by atoms with E-state index in [9.17, 15) is 4.79 Å². The summed E-state index contributed by atoms with van der Waals surface area (Å²) in [4.78, 5) is 10.4. The van der Waals surface area contributed by atoms with Gasteiger partial charge in [-0.15, -0.1) is 0 Å². The lowest BCUT2D eigenvalue weighted by Gasteiger charge is -2.17. The first-order valence-corrected chi connectivity index (χ1v) is 6.90. The van der Waals surface area contributed by atoms with Gasteiger partial charge in [-0.2, -0.15) is 0 Å². The summed E-state index contributed by atoms with van der Waals surface area (Å²) in [5.41, 5.74) is 0.797. The molecule has 0 heterocycles. The number of hydrogen-bond donors (Lipinski definition) is 1. The van der Waals surface area contributed by atoms with Gasteiger partial charge in [-0.1, -0.05) is 52.7 Å². The first-order valence-electron chi connectivity index (χ1n) is 6.90.